The first-order valence-corrected chi connectivity index (χ1v) is 7.41. The molecule has 0 aliphatic carbocycles. The van der Waals surface area contributed by atoms with Crippen molar-refractivity contribution in [2.24, 2.45) is 5.41 Å². The SMILES string of the molecule is CCC(CC)(CNCCOC)Cc1ccsc1. The van der Waals surface area contributed by atoms with E-state index in [0.717, 1.165) is 19.7 Å². The molecule has 0 aliphatic heterocycles. The Kier molecular flexibility index (Phi) is 6.78. The van der Waals surface area contributed by atoms with Gasteiger partial charge in [0.2, 0.25) is 0 Å². The van der Waals surface area contributed by atoms with Crippen LogP contribution >= 0.6 is 11.3 Å². The van der Waals surface area contributed by atoms with Crippen LogP contribution in [0.1, 0.15) is 32.3 Å². The van der Waals surface area contributed by atoms with Gasteiger partial charge < -0.3 is 10.1 Å². The second-order valence-corrected chi connectivity index (χ2v) is 5.47. The van der Waals surface area contributed by atoms with Crippen LogP contribution in [-0.2, 0) is 11.2 Å². The molecule has 17 heavy (non-hydrogen) atoms. The molecule has 0 aliphatic rings. The second-order valence-electron chi connectivity index (χ2n) is 4.69. The fraction of sp³-hybridized carbons (Fsp3) is 0.714. The first-order chi connectivity index (χ1) is 8.26. The van der Waals surface area contributed by atoms with Crippen LogP contribution in [0.5, 0.6) is 0 Å². The Hall–Kier alpha value is -0.380. The highest BCUT2D eigenvalue weighted by Gasteiger charge is 2.26. The summed E-state index contributed by atoms with van der Waals surface area (Å²) in [6, 6.07) is 2.25. The van der Waals surface area contributed by atoms with Gasteiger partial charge in [-0.1, -0.05) is 13.8 Å². The predicted molar refractivity (Wildman–Crippen MR) is 75.8 cm³/mol. The minimum Gasteiger partial charge on any atom is -0.383 e. The summed E-state index contributed by atoms with van der Waals surface area (Å²) in [5.41, 5.74) is 1.88. The maximum Gasteiger partial charge on any atom is 0.0587 e. The van der Waals surface area contributed by atoms with E-state index in [9.17, 15) is 0 Å². The Morgan fingerprint density at radius 2 is 2.12 bits per heavy atom. The van der Waals surface area contributed by atoms with Crippen molar-refractivity contribution in [3.63, 3.8) is 0 Å². The van der Waals surface area contributed by atoms with Crippen LogP contribution in [0, 0.1) is 5.41 Å². The summed E-state index contributed by atoms with van der Waals surface area (Å²) in [6.45, 7) is 7.42. The fourth-order valence-electron chi connectivity index (χ4n) is 2.17. The Balaban J connectivity index is 2.49. The third-order valence-electron chi connectivity index (χ3n) is 3.64. The zero-order valence-corrected chi connectivity index (χ0v) is 12.1. The lowest BCUT2D eigenvalue weighted by molar-refractivity contribution is 0.185. The molecular weight excluding hydrogens is 230 g/mol. The molecule has 0 aromatic carbocycles. The average molecular weight is 255 g/mol. The number of rotatable bonds is 9. The van der Waals surface area contributed by atoms with Gasteiger partial charge in [0, 0.05) is 20.2 Å². The third-order valence-corrected chi connectivity index (χ3v) is 4.37. The number of thiophene rings is 1. The molecule has 0 saturated heterocycles. The van der Waals surface area contributed by atoms with Crippen molar-refractivity contribution >= 4 is 11.3 Å². The molecule has 1 aromatic rings. The van der Waals surface area contributed by atoms with E-state index in [1.807, 2.05) is 0 Å². The van der Waals surface area contributed by atoms with Gasteiger partial charge in [-0.05, 0) is 47.1 Å². The topological polar surface area (TPSA) is 21.3 Å². The van der Waals surface area contributed by atoms with Crippen LogP contribution in [-0.4, -0.2) is 26.8 Å². The lowest BCUT2D eigenvalue weighted by Crippen LogP contribution is -2.36. The molecule has 1 N–H and O–H groups in total. The summed E-state index contributed by atoms with van der Waals surface area (Å²) >= 11 is 1.79. The molecule has 0 radical (unpaired) electrons. The normalized spacial score (nSPS) is 11.9. The molecule has 98 valence electrons. The molecule has 0 saturated carbocycles. The highest BCUT2D eigenvalue weighted by Crippen LogP contribution is 2.30. The fourth-order valence-corrected chi connectivity index (χ4v) is 2.84. The standard InChI is InChI=1S/C14H25NOS/c1-4-14(5-2,12-15-7-8-16-3)10-13-6-9-17-11-13/h6,9,11,15H,4-5,7-8,10,12H2,1-3H3. The molecule has 2 nitrogen and oxygen atoms in total. The lowest BCUT2D eigenvalue weighted by atomic mass is 9.77. The van der Waals surface area contributed by atoms with E-state index in [4.69, 9.17) is 4.74 Å². The monoisotopic (exact) mass is 255 g/mol. The lowest BCUT2D eigenvalue weighted by Gasteiger charge is -2.32. The molecule has 0 spiro atoms. The molecule has 1 rings (SSSR count). The van der Waals surface area contributed by atoms with Gasteiger partial charge in [-0.3, -0.25) is 0 Å². The summed E-state index contributed by atoms with van der Waals surface area (Å²) in [5.74, 6) is 0. The maximum atomic E-state index is 5.07. The largest absolute Gasteiger partial charge is 0.383 e. The third kappa shape index (κ3) is 4.78. The van der Waals surface area contributed by atoms with Crippen molar-refractivity contribution in [1.82, 2.24) is 5.32 Å². The maximum absolute atomic E-state index is 5.07. The number of methoxy groups -OCH3 is 1. The smallest absolute Gasteiger partial charge is 0.0587 e. The van der Waals surface area contributed by atoms with E-state index < -0.39 is 0 Å². The molecule has 0 unspecified atom stereocenters. The highest BCUT2D eigenvalue weighted by molar-refractivity contribution is 7.07. The zero-order valence-electron chi connectivity index (χ0n) is 11.3. The Morgan fingerprint density at radius 1 is 1.35 bits per heavy atom. The zero-order chi connectivity index (χ0) is 12.6. The molecule has 0 bridgehead atoms. The summed E-state index contributed by atoms with van der Waals surface area (Å²) < 4.78 is 5.07. The van der Waals surface area contributed by atoms with Crippen LogP contribution in [0.25, 0.3) is 0 Å². The minimum atomic E-state index is 0.398. The van der Waals surface area contributed by atoms with E-state index in [1.165, 1.54) is 24.8 Å². The first-order valence-electron chi connectivity index (χ1n) is 6.47. The van der Waals surface area contributed by atoms with E-state index in [0.29, 0.717) is 5.41 Å². The van der Waals surface area contributed by atoms with Gasteiger partial charge >= 0.3 is 0 Å². The highest BCUT2D eigenvalue weighted by atomic mass is 32.1. The minimum absolute atomic E-state index is 0.398. The van der Waals surface area contributed by atoms with Gasteiger partial charge in [0.1, 0.15) is 0 Å². The second kappa shape index (κ2) is 7.85. The molecule has 1 heterocycles. The van der Waals surface area contributed by atoms with Crippen LogP contribution in [0.15, 0.2) is 16.8 Å². The first kappa shape index (κ1) is 14.7. The van der Waals surface area contributed by atoms with Crippen LogP contribution in [0.4, 0.5) is 0 Å². The van der Waals surface area contributed by atoms with Gasteiger partial charge in [-0.15, -0.1) is 0 Å². The van der Waals surface area contributed by atoms with Crippen molar-refractivity contribution in [1.29, 1.82) is 0 Å². The molecule has 0 atom stereocenters. The molecular formula is C14H25NOS. The van der Waals surface area contributed by atoms with Gasteiger partial charge in [0.05, 0.1) is 6.61 Å². The van der Waals surface area contributed by atoms with E-state index in [1.54, 1.807) is 18.4 Å². The summed E-state index contributed by atoms with van der Waals surface area (Å²) in [5, 5.41) is 7.96. The van der Waals surface area contributed by atoms with Crippen LogP contribution in [0.2, 0.25) is 0 Å². The number of nitrogens with one attached hydrogen (secondary N) is 1. The summed E-state index contributed by atoms with van der Waals surface area (Å²) in [7, 11) is 1.75. The number of hydrogen-bond acceptors (Lipinski definition) is 3. The van der Waals surface area contributed by atoms with Crippen molar-refractivity contribution in [2.75, 3.05) is 26.8 Å². The molecule has 0 fully saturated rings. The van der Waals surface area contributed by atoms with Crippen LogP contribution < -0.4 is 5.32 Å². The van der Waals surface area contributed by atoms with Crippen molar-refractivity contribution < 1.29 is 4.74 Å². The Morgan fingerprint density at radius 3 is 2.65 bits per heavy atom. The number of hydrogen-bond donors (Lipinski definition) is 1. The van der Waals surface area contributed by atoms with Crippen molar-refractivity contribution in [3.8, 4) is 0 Å². The van der Waals surface area contributed by atoms with Gasteiger partial charge in [-0.25, -0.2) is 0 Å². The number of ether oxygens (including phenoxy) is 1. The van der Waals surface area contributed by atoms with Gasteiger partial charge in [0.25, 0.3) is 0 Å². The Labute approximate surface area is 109 Å². The van der Waals surface area contributed by atoms with E-state index in [2.05, 4.69) is 36.0 Å². The molecule has 1 aromatic heterocycles. The summed E-state index contributed by atoms with van der Waals surface area (Å²) in [4.78, 5) is 0. The molecule has 3 heteroatoms. The van der Waals surface area contributed by atoms with Crippen molar-refractivity contribution in [2.45, 2.75) is 33.1 Å². The van der Waals surface area contributed by atoms with E-state index >= 15 is 0 Å². The summed E-state index contributed by atoms with van der Waals surface area (Å²) in [6.07, 6.45) is 3.63. The quantitative estimate of drug-likeness (QED) is 0.683. The average Bonchev–Trinajstić information content (AvgIpc) is 2.86. The van der Waals surface area contributed by atoms with Crippen molar-refractivity contribution in [3.05, 3.63) is 22.4 Å². The van der Waals surface area contributed by atoms with Gasteiger partial charge in [-0.2, -0.15) is 11.3 Å². The van der Waals surface area contributed by atoms with Gasteiger partial charge in [0.15, 0.2) is 0 Å². The predicted octanol–water partition coefficient (Wildman–Crippen LogP) is 3.33. The Bertz CT molecular complexity index is 280. The molecule has 0 amide bonds. The van der Waals surface area contributed by atoms with Crippen LogP contribution in [0.3, 0.4) is 0 Å². The van der Waals surface area contributed by atoms with E-state index in [-0.39, 0.29) is 0 Å².